The van der Waals surface area contributed by atoms with E-state index in [1.807, 2.05) is 25.2 Å². The Balaban J connectivity index is 1.80. The van der Waals surface area contributed by atoms with E-state index in [1.165, 1.54) is 32.6 Å². The van der Waals surface area contributed by atoms with Gasteiger partial charge in [0.2, 0.25) is 17.7 Å². The number of fused-ring (bicyclic) bond motifs is 1. The van der Waals surface area contributed by atoms with Gasteiger partial charge in [-0.15, -0.1) is 0 Å². The Morgan fingerprint density at radius 3 is 2.09 bits per heavy atom. The van der Waals surface area contributed by atoms with Crippen LogP contribution in [0.25, 0.3) is 0 Å². The first-order valence-corrected chi connectivity index (χ1v) is 11.5. The second kappa shape index (κ2) is 8.68. The van der Waals surface area contributed by atoms with Crippen LogP contribution in [0.1, 0.15) is 41.5 Å². The molecule has 3 aliphatic rings. The van der Waals surface area contributed by atoms with Gasteiger partial charge in [0.25, 0.3) is 0 Å². The molecule has 3 rings (SSSR count). The van der Waals surface area contributed by atoms with Gasteiger partial charge in [0.1, 0.15) is 18.1 Å². The van der Waals surface area contributed by atoms with Gasteiger partial charge in [-0.3, -0.25) is 19.2 Å². The number of nitriles is 1. The summed E-state index contributed by atoms with van der Waals surface area (Å²) in [5.41, 5.74) is -1.31. The second-order valence-corrected chi connectivity index (χ2v) is 11.5. The normalized spacial score (nSPS) is 27.1. The number of piperidine rings is 1. The second-order valence-electron chi connectivity index (χ2n) is 11.5. The standard InChI is InChI=1S/C23H32F3N5O4/c1-11(32)30-8-12(9-30)14(7-27)28-18(33)16-15-13(22(15,5)6)10-31(16)19(34)17(21(2,3)4)29-20(35)23(24,25)26/h12-17H,8-10H2,1-6H3,(H,28,33)(H,29,35)/t13-,14?,15-,16-,17?/m0/s1. The van der Waals surface area contributed by atoms with Crippen LogP contribution in [0.5, 0.6) is 0 Å². The highest BCUT2D eigenvalue weighted by atomic mass is 19.4. The summed E-state index contributed by atoms with van der Waals surface area (Å²) in [6.45, 7) is 10.7. The fourth-order valence-corrected chi connectivity index (χ4v) is 5.32. The summed E-state index contributed by atoms with van der Waals surface area (Å²) in [6, 6.07) is -1.31. The van der Waals surface area contributed by atoms with E-state index in [0.29, 0.717) is 13.1 Å². The molecule has 9 nitrogen and oxygen atoms in total. The first-order chi connectivity index (χ1) is 15.9. The zero-order valence-corrected chi connectivity index (χ0v) is 20.7. The van der Waals surface area contributed by atoms with Crippen LogP contribution >= 0.6 is 0 Å². The van der Waals surface area contributed by atoms with Gasteiger partial charge in [0.15, 0.2) is 0 Å². The van der Waals surface area contributed by atoms with Crippen molar-refractivity contribution in [2.45, 2.75) is 65.8 Å². The average Bonchev–Trinajstić information content (AvgIpc) is 3.02. The Morgan fingerprint density at radius 2 is 1.63 bits per heavy atom. The van der Waals surface area contributed by atoms with E-state index in [0.717, 1.165) is 0 Å². The minimum absolute atomic E-state index is 0.0291. The zero-order valence-electron chi connectivity index (χ0n) is 20.7. The lowest BCUT2D eigenvalue weighted by molar-refractivity contribution is -0.176. The van der Waals surface area contributed by atoms with Crippen LogP contribution < -0.4 is 10.6 Å². The van der Waals surface area contributed by atoms with Crippen molar-refractivity contribution in [1.82, 2.24) is 20.4 Å². The maximum atomic E-state index is 13.5. The predicted molar refractivity (Wildman–Crippen MR) is 117 cm³/mol. The monoisotopic (exact) mass is 499 g/mol. The number of carbonyl (C=O) groups is 4. The number of nitrogens with zero attached hydrogens (tertiary/aromatic N) is 3. The zero-order chi connectivity index (χ0) is 26.7. The van der Waals surface area contributed by atoms with Crippen molar-refractivity contribution in [2.75, 3.05) is 19.6 Å². The lowest BCUT2D eigenvalue weighted by atomic mass is 9.85. The summed E-state index contributed by atoms with van der Waals surface area (Å²) in [7, 11) is 0. The minimum Gasteiger partial charge on any atom is -0.342 e. The molecule has 1 aliphatic carbocycles. The number of amides is 4. The lowest BCUT2D eigenvalue weighted by Crippen LogP contribution is -2.62. The molecule has 2 saturated heterocycles. The number of alkyl halides is 3. The van der Waals surface area contributed by atoms with Crippen LogP contribution in [0.4, 0.5) is 13.2 Å². The molecule has 0 spiro atoms. The first-order valence-electron chi connectivity index (χ1n) is 11.5. The van der Waals surface area contributed by atoms with E-state index in [2.05, 4.69) is 5.32 Å². The Labute approximate surface area is 202 Å². The lowest BCUT2D eigenvalue weighted by Gasteiger charge is -2.41. The van der Waals surface area contributed by atoms with Gasteiger partial charge < -0.3 is 20.4 Å². The summed E-state index contributed by atoms with van der Waals surface area (Å²) >= 11 is 0. The van der Waals surface area contributed by atoms with Crippen LogP contribution in [0.3, 0.4) is 0 Å². The molecule has 5 atom stereocenters. The molecule has 2 aliphatic heterocycles. The predicted octanol–water partition coefficient (Wildman–Crippen LogP) is 1.05. The number of hydrogen-bond acceptors (Lipinski definition) is 5. The number of carbonyl (C=O) groups excluding carboxylic acids is 4. The molecular formula is C23H32F3N5O4. The van der Waals surface area contributed by atoms with Gasteiger partial charge in [-0.25, -0.2) is 0 Å². The van der Waals surface area contributed by atoms with Crippen molar-refractivity contribution in [3.63, 3.8) is 0 Å². The molecule has 3 fully saturated rings. The summed E-state index contributed by atoms with van der Waals surface area (Å²) in [5.74, 6) is -4.18. The highest BCUT2D eigenvalue weighted by Crippen LogP contribution is 2.65. The van der Waals surface area contributed by atoms with Crippen LogP contribution in [0, 0.1) is 39.9 Å². The maximum Gasteiger partial charge on any atom is 0.471 e. The first kappa shape index (κ1) is 26.8. The third-order valence-electron chi connectivity index (χ3n) is 7.67. The Bertz CT molecular complexity index is 962. The molecule has 2 N–H and O–H groups in total. The molecule has 0 aromatic rings. The highest BCUT2D eigenvalue weighted by molar-refractivity contribution is 5.95. The van der Waals surface area contributed by atoms with Gasteiger partial charge in [-0.1, -0.05) is 34.6 Å². The molecule has 35 heavy (non-hydrogen) atoms. The number of likely N-dealkylation sites (tertiary alicyclic amines) is 2. The molecule has 2 unspecified atom stereocenters. The van der Waals surface area contributed by atoms with Crippen molar-refractivity contribution in [1.29, 1.82) is 5.26 Å². The van der Waals surface area contributed by atoms with Gasteiger partial charge in [-0.05, 0) is 22.7 Å². The number of rotatable bonds is 5. The van der Waals surface area contributed by atoms with E-state index >= 15 is 0 Å². The summed E-state index contributed by atoms with van der Waals surface area (Å²) in [5, 5.41) is 14.1. The van der Waals surface area contributed by atoms with E-state index in [1.54, 1.807) is 4.90 Å². The van der Waals surface area contributed by atoms with Gasteiger partial charge in [-0.2, -0.15) is 18.4 Å². The topological polar surface area (TPSA) is 123 Å². The van der Waals surface area contributed by atoms with Crippen LogP contribution in [-0.2, 0) is 19.2 Å². The van der Waals surface area contributed by atoms with Gasteiger partial charge in [0.05, 0.1) is 6.07 Å². The minimum atomic E-state index is -5.16. The third-order valence-corrected chi connectivity index (χ3v) is 7.67. The smallest absolute Gasteiger partial charge is 0.342 e. The van der Waals surface area contributed by atoms with Crippen molar-refractivity contribution in [2.24, 2.45) is 28.6 Å². The van der Waals surface area contributed by atoms with Crippen molar-refractivity contribution < 1.29 is 32.3 Å². The maximum absolute atomic E-state index is 13.5. The van der Waals surface area contributed by atoms with Crippen molar-refractivity contribution >= 4 is 23.6 Å². The van der Waals surface area contributed by atoms with Crippen LogP contribution in [0.2, 0.25) is 0 Å². The van der Waals surface area contributed by atoms with Crippen LogP contribution in [0.15, 0.2) is 0 Å². The largest absolute Gasteiger partial charge is 0.471 e. The van der Waals surface area contributed by atoms with Crippen molar-refractivity contribution in [3.05, 3.63) is 0 Å². The molecule has 1 saturated carbocycles. The van der Waals surface area contributed by atoms with E-state index < -0.39 is 47.4 Å². The molecule has 194 valence electrons. The summed E-state index contributed by atoms with van der Waals surface area (Å²) in [4.78, 5) is 52.7. The third kappa shape index (κ3) is 4.95. The summed E-state index contributed by atoms with van der Waals surface area (Å²) in [6.07, 6.45) is -5.16. The molecule has 12 heteroatoms. The fourth-order valence-electron chi connectivity index (χ4n) is 5.32. The molecule has 0 bridgehead atoms. The molecule has 4 amide bonds. The quantitative estimate of drug-likeness (QED) is 0.586. The van der Waals surface area contributed by atoms with E-state index in [9.17, 15) is 37.6 Å². The van der Waals surface area contributed by atoms with Gasteiger partial charge in [0, 0.05) is 32.5 Å². The Morgan fingerprint density at radius 1 is 1.06 bits per heavy atom. The number of hydrogen-bond donors (Lipinski definition) is 2. The molecule has 0 radical (unpaired) electrons. The molecule has 2 heterocycles. The Hall–Kier alpha value is -2.84. The average molecular weight is 500 g/mol. The Kier molecular flexibility index (Phi) is 6.63. The van der Waals surface area contributed by atoms with E-state index in [4.69, 9.17) is 0 Å². The van der Waals surface area contributed by atoms with Crippen molar-refractivity contribution in [3.8, 4) is 6.07 Å². The van der Waals surface area contributed by atoms with Gasteiger partial charge >= 0.3 is 12.1 Å². The molecule has 0 aromatic carbocycles. The fraction of sp³-hybridized carbons (Fsp3) is 0.783. The number of halogens is 3. The number of nitrogens with one attached hydrogen (secondary N) is 2. The van der Waals surface area contributed by atoms with Crippen LogP contribution in [-0.4, -0.2) is 77.4 Å². The summed E-state index contributed by atoms with van der Waals surface area (Å²) < 4.78 is 38.8. The highest BCUT2D eigenvalue weighted by Gasteiger charge is 2.70. The van der Waals surface area contributed by atoms with E-state index in [-0.39, 0.29) is 35.6 Å². The molecular weight excluding hydrogens is 467 g/mol. The molecule has 0 aromatic heterocycles. The SMILES string of the molecule is CC(=O)N1CC(C(C#N)NC(=O)[C@@H]2[C@@H]3[C@H](CN2C(=O)C(NC(=O)C(F)(F)F)C(C)(C)C)C3(C)C)C1.